The maximum absolute atomic E-state index is 6.16. The number of unbranched alkanes of at least 4 members (excludes halogenated alkanes) is 1. The van der Waals surface area contributed by atoms with Gasteiger partial charge in [0.05, 0.1) is 12.3 Å². The lowest BCUT2D eigenvalue weighted by molar-refractivity contribution is 0.306. The molecule has 0 amide bonds. The molecule has 0 aliphatic heterocycles. The maximum Gasteiger partial charge on any atom is 0.145 e. The van der Waals surface area contributed by atoms with Gasteiger partial charge >= 0.3 is 0 Å². The van der Waals surface area contributed by atoms with Crippen molar-refractivity contribution in [1.29, 1.82) is 0 Å². The number of fused-ring (bicyclic) bond motifs is 2. The second-order valence-corrected chi connectivity index (χ2v) is 9.10. The number of aryl methyl sites for hydroxylation is 2. The van der Waals surface area contributed by atoms with Crippen molar-refractivity contribution in [3.05, 3.63) is 89.6 Å². The third kappa shape index (κ3) is 4.93. The molecule has 0 fully saturated rings. The van der Waals surface area contributed by atoms with Gasteiger partial charge in [-0.2, -0.15) is 0 Å². The first-order chi connectivity index (χ1) is 17.7. The van der Waals surface area contributed by atoms with Crippen molar-refractivity contribution in [3.8, 4) is 22.8 Å². The third-order valence-corrected chi connectivity index (χ3v) is 6.54. The van der Waals surface area contributed by atoms with Crippen LogP contribution in [0.25, 0.3) is 33.1 Å². The number of hydrogen-bond acceptors (Lipinski definition) is 4. The highest BCUT2D eigenvalue weighted by atomic mass is 16.5. The van der Waals surface area contributed by atoms with Gasteiger partial charge in [-0.05, 0) is 87.2 Å². The topological polar surface area (TPSA) is 73.2 Å². The number of ether oxygens (including phenoxy) is 2. The van der Waals surface area contributed by atoms with Crippen LogP contribution < -0.4 is 15.2 Å². The van der Waals surface area contributed by atoms with Crippen molar-refractivity contribution < 1.29 is 9.47 Å². The Morgan fingerprint density at radius 2 is 1.75 bits per heavy atom. The van der Waals surface area contributed by atoms with E-state index >= 15 is 0 Å². The molecule has 3 N–H and O–H groups in total. The first-order valence-electron chi connectivity index (χ1n) is 12.7. The Balaban J connectivity index is 1.60. The van der Waals surface area contributed by atoms with Crippen LogP contribution in [0.3, 0.4) is 0 Å². The van der Waals surface area contributed by atoms with E-state index in [-0.39, 0.29) is 0 Å². The van der Waals surface area contributed by atoms with E-state index < -0.39 is 0 Å². The normalized spacial score (nSPS) is 11.3. The molecule has 0 aliphatic carbocycles. The predicted octanol–water partition coefficient (Wildman–Crippen LogP) is 6.95. The Bertz CT molecular complexity index is 1470. The van der Waals surface area contributed by atoms with Gasteiger partial charge in [-0.25, -0.2) is 4.98 Å². The van der Waals surface area contributed by atoms with Crippen LogP contribution >= 0.6 is 0 Å². The summed E-state index contributed by atoms with van der Waals surface area (Å²) in [4.78, 5) is 8.54. The number of nitrogens with two attached hydrogens (primary N) is 1. The maximum atomic E-state index is 6.16. The molecule has 0 bridgehead atoms. The van der Waals surface area contributed by atoms with Crippen LogP contribution in [0.15, 0.2) is 72.8 Å². The van der Waals surface area contributed by atoms with Gasteiger partial charge in [-0.3, -0.25) is 0 Å². The Morgan fingerprint density at radius 3 is 2.56 bits per heavy atom. The second-order valence-electron chi connectivity index (χ2n) is 9.10. The molecule has 0 spiro atoms. The quantitative estimate of drug-likeness (QED) is 0.213. The molecular weight excluding hydrogens is 446 g/mol. The van der Waals surface area contributed by atoms with Crippen molar-refractivity contribution in [2.45, 2.75) is 39.7 Å². The van der Waals surface area contributed by atoms with Crippen LogP contribution in [0.5, 0.6) is 11.5 Å². The molecule has 0 saturated carbocycles. The summed E-state index contributed by atoms with van der Waals surface area (Å²) in [5, 5.41) is 2.27. The van der Waals surface area contributed by atoms with Gasteiger partial charge in [-0.15, -0.1) is 0 Å². The van der Waals surface area contributed by atoms with Crippen LogP contribution in [-0.2, 0) is 13.0 Å². The van der Waals surface area contributed by atoms with E-state index in [9.17, 15) is 0 Å². The van der Waals surface area contributed by atoms with E-state index in [2.05, 4.69) is 47.4 Å². The minimum atomic E-state index is 0.542. The van der Waals surface area contributed by atoms with Gasteiger partial charge in [0.2, 0.25) is 0 Å². The monoisotopic (exact) mass is 479 g/mol. The van der Waals surface area contributed by atoms with Gasteiger partial charge in [0.25, 0.3) is 0 Å². The van der Waals surface area contributed by atoms with E-state index in [1.165, 1.54) is 10.9 Å². The van der Waals surface area contributed by atoms with Crippen molar-refractivity contribution >= 4 is 21.8 Å². The molecule has 2 aromatic heterocycles. The third-order valence-electron chi connectivity index (χ3n) is 6.54. The van der Waals surface area contributed by atoms with Gasteiger partial charge in [0.15, 0.2) is 0 Å². The highest BCUT2D eigenvalue weighted by molar-refractivity contribution is 6.01. The van der Waals surface area contributed by atoms with E-state index in [4.69, 9.17) is 20.2 Å². The van der Waals surface area contributed by atoms with E-state index in [0.717, 1.165) is 69.7 Å². The average Bonchev–Trinajstić information content (AvgIpc) is 3.26. The fraction of sp³-hybridized carbons (Fsp3) is 0.258. The lowest BCUT2D eigenvalue weighted by Crippen LogP contribution is -2.00. The van der Waals surface area contributed by atoms with Crippen molar-refractivity contribution in [2.24, 2.45) is 5.73 Å². The minimum absolute atomic E-state index is 0.542. The minimum Gasteiger partial charge on any atom is -0.492 e. The number of hydrogen-bond donors (Lipinski definition) is 2. The Hall–Kier alpha value is -3.83. The summed E-state index contributed by atoms with van der Waals surface area (Å²) in [5.41, 5.74) is 13.5. The standard InChI is InChI=1S/C31H33N3O2/c1-3-35-29-17-15-25(26-14-12-21(2)33-31(26)29)30-24(11-7-8-18-32)27-19-23(13-16-28(27)34-30)36-20-22-9-5-4-6-10-22/h4-6,9-10,12-17,19,34H,3,7-8,11,18,20,32H2,1-2H3. The number of nitrogens with zero attached hydrogens (tertiary/aromatic N) is 1. The van der Waals surface area contributed by atoms with Crippen LogP contribution in [0.2, 0.25) is 0 Å². The number of pyridine rings is 1. The number of nitrogens with one attached hydrogen (secondary N) is 1. The highest BCUT2D eigenvalue weighted by Gasteiger charge is 2.18. The molecule has 5 nitrogen and oxygen atoms in total. The molecule has 0 saturated heterocycles. The zero-order valence-corrected chi connectivity index (χ0v) is 21.0. The SMILES string of the molecule is CCOc1ccc(-c2[nH]c3ccc(OCc4ccccc4)cc3c2CCCCN)c2ccc(C)nc12. The van der Waals surface area contributed by atoms with Crippen LogP contribution in [-0.4, -0.2) is 23.1 Å². The molecule has 0 unspecified atom stereocenters. The smallest absolute Gasteiger partial charge is 0.145 e. The number of aromatic amines is 1. The van der Waals surface area contributed by atoms with Crippen molar-refractivity contribution in [2.75, 3.05) is 13.2 Å². The highest BCUT2D eigenvalue weighted by Crippen LogP contribution is 2.39. The molecule has 0 aliphatic rings. The van der Waals surface area contributed by atoms with Crippen molar-refractivity contribution in [1.82, 2.24) is 9.97 Å². The Labute approximate surface area is 212 Å². The molecule has 0 atom stereocenters. The van der Waals surface area contributed by atoms with E-state index in [0.29, 0.717) is 19.8 Å². The fourth-order valence-electron chi connectivity index (χ4n) is 4.77. The fourth-order valence-corrected chi connectivity index (χ4v) is 4.77. The first-order valence-corrected chi connectivity index (χ1v) is 12.7. The molecule has 5 rings (SSSR count). The van der Waals surface area contributed by atoms with Crippen molar-refractivity contribution in [3.63, 3.8) is 0 Å². The molecule has 3 aromatic carbocycles. The van der Waals surface area contributed by atoms with Crippen LogP contribution in [0, 0.1) is 6.92 Å². The second kappa shape index (κ2) is 10.8. The summed E-state index contributed by atoms with van der Waals surface area (Å²) in [6, 6.07) is 25.0. The molecule has 5 aromatic rings. The molecular formula is C31H33N3O2. The summed E-state index contributed by atoms with van der Waals surface area (Å²) in [5.74, 6) is 1.68. The number of aromatic nitrogens is 2. The van der Waals surface area contributed by atoms with Gasteiger partial charge < -0.3 is 20.2 Å². The zero-order chi connectivity index (χ0) is 24.9. The lowest BCUT2D eigenvalue weighted by Gasteiger charge is -2.13. The summed E-state index contributed by atoms with van der Waals surface area (Å²) >= 11 is 0. The molecule has 36 heavy (non-hydrogen) atoms. The van der Waals surface area contributed by atoms with Gasteiger partial charge in [0.1, 0.15) is 23.6 Å². The van der Waals surface area contributed by atoms with E-state index in [1.54, 1.807) is 0 Å². The van der Waals surface area contributed by atoms with Crippen LogP contribution in [0.1, 0.15) is 36.6 Å². The van der Waals surface area contributed by atoms with Gasteiger partial charge in [-0.1, -0.05) is 36.4 Å². The number of benzene rings is 3. The Morgan fingerprint density at radius 1 is 0.889 bits per heavy atom. The summed E-state index contributed by atoms with van der Waals surface area (Å²) in [6.07, 6.45) is 2.95. The first kappa shape index (κ1) is 23.9. The zero-order valence-electron chi connectivity index (χ0n) is 21.0. The molecule has 5 heteroatoms. The predicted molar refractivity (Wildman–Crippen MR) is 148 cm³/mol. The van der Waals surface area contributed by atoms with Crippen LogP contribution in [0.4, 0.5) is 0 Å². The lowest BCUT2D eigenvalue weighted by atomic mass is 9.97. The summed E-state index contributed by atoms with van der Waals surface area (Å²) in [6.45, 7) is 5.85. The molecule has 2 heterocycles. The summed E-state index contributed by atoms with van der Waals surface area (Å²) < 4.78 is 12.1. The summed E-state index contributed by atoms with van der Waals surface area (Å²) in [7, 11) is 0. The number of rotatable bonds is 10. The average molecular weight is 480 g/mol. The van der Waals surface area contributed by atoms with Gasteiger partial charge in [0, 0.05) is 27.5 Å². The van der Waals surface area contributed by atoms with E-state index in [1.807, 2.05) is 44.2 Å². The number of H-pyrrole nitrogens is 1. The Kier molecular flexibility index (Phi) is 7.19. The molecule has 184 valence electrons. The molecule has 0 radical (unpaired) electrons. The largest absolute Gasteiger partial charge is 0.492 e.